The third-order valence-electron chi connectivity index (χ3n) is 1.28. The summed E-state index contributed by atoms with van der Waals surface area (Å²) in [5, 5.41) is 0. The van der Waals surface area contributed by atoms with Gasteiger partial charge in [-0.05, 0) is 0 Å². The van der Waals surface area contributed by atoms with Gasteiger partial charge in [-0.15, -0.1) is 0 Å². The molecule has 6 heteroatoms. The van der Waals surface area contributed by atoms with Crippen LogP contribution in [-0.2, 0) is 0 Å². The van der Waals surface area contributed by atoms with Gasteiger partial charge in [0.25, 0.3) is 6.29 Å². The molecule has 2 aliphatic rings. The first-order valence-electron chi connectivity index (χ1n) is 2.94. The molecule has 2 heterocycles. The minimum Gasteiger partial charge on any atom is -0.382 e. The molecule has 0 bridgehead atoms. The molecule has 0 aromatic heterocycles. The van der Waals surface area contributed by atoms with Gasteiger partial charge >= 0.3 is 0 Å². The summed E-state index contributed by atoms with van der Waals surface area (Å²) in [6.07, 6.45) is 1.49. The number of nitrogens with two attached hydrogens (primary N) is 2. The van der Waals surface area contributed by atoms with E-state index in [2.05, 4.69) is 20.0 Å². The molecule has 0 aromatic carbocycles. The number of rotatable bonds is 0. The van der Waals surface area contributed by atoms with Gasteiger partial charge in [-0.1, -0.05) is 0 Å². The van der Waals surface area contributed by atoms with Crippen LogP contribution < -0.4 is 11.5 Å². The second kappa shape index (κ2) is 1.96. The lowest BCUT2D eigenvalue weighted by atomic mass is 10.3. The number of fused-ring (bicyclic) bond motifs is 1. The monoisotopic (exact) mass is 149 g/mol. The topological polar surface area (TPSA) is 101 Å². The molecule has 2 rings (SSSR count). The molecular formula is C5H5N6. The van der Waals surface area contributed by atoms with E-state index < -0.39 is 0 Å². The number of amidine groups is 2. The Hall–Kier alpha value is -1.56. The third kappa shape index (κ3) is 0.838. The number of hydrogen-bond acceptors (Lipinski definition) is 6. The Balaban J connectivity index is 2.46. The van der Waals surface area contributed by atoms with E-state index >= 15 is 0 Å². The Bertz CT molecular complexity index is 309. The van der Waals surface area contributed by atoms with E-state index in [9.17, 15) is 0 Å². The summed E-state index contributed by atoms with van der Waals surface area (Å²) in [5.41, 5.74) is 11.3. The molecule has 6 nitrogen and oxygen atoms in total. The Labute approximate surface area is 62.4 Å². The number of nitrogens with zero attached hydrogens (tertiary/aromatic N) is 4. The first kappa shape index (κ1) is 6.17. The largest absolute Gasteiger partial charge is 0.382 e. The highest BCUT2D eigenvalue weighted by molar-refractivity contribution is 6.70. The highest BCUT2D eigenvalue weighted by Gasteiger charge is 2.22. The van der Waals surface area contributed by atoms with Crippen molar-refractivity contribution in [3.8, 4) is 0 Å². The maximum atomic E-state index is 5.47. The van der Waals surface area contributed by atoms with Gasteiger partial charge in [-0.25, -0.2) is 20.0 Å². The summed E-state index contributed by atoms with van der Waals surface area (Å²) in [5.74, 6) is 0.708. The predicted molar refractivity (Wildman–Crippen MR) is 42.4 cm³/mol. The van der Waals surface area contributed by atoms with E-state index in [0.29, 0.717) is 11.5 Å². The van der Waals surface area contributed by atoms with Crippen LogP contribution in [0.4, 0.5) is 0 Å². The smallest absolute Gasteiger partial charge is 0.267 e. The Morgan fingerprint density at radius 2 is 2.00 bits per heavy atom. The lowest BCUT2D eigenvalue weighted by molar-refractivity contribution is 0.948. The number of aliphatic imine (C=N–C) groups is 4. The van der Waals surface area contributed by atoms with Crippen molar-refractivity contribution >= 4 is 23.7 Å². The van der Waals surface area contributed by atoms with E-state index in [0.717, 1.165) is 0 Å². The fourth-order valence-corrected chi connectivity index (χ4v) is 0.833. The fraction of sp³-hybridized carbons (Fsp3) is 0. The molecule has 1 radical (unpaired) electrons. The zero-order chi connectivity index (χ0) is 7.84. The van der Waals surface area contributed by atoms with Crippen LogP contribution in [0.5, 0.6) is 0 Å². The van der Waals surface area contributed by atoms with Crippen molar-refractivity contribution < 1.29 is 0 Å². The van der Waals surface area contributed by atoms with Gasteiger partial charge in [-0.2, -0.15) is 0 Å². The normalized spacial score (nSPS) is 22.5. The van der Waals surface area contributed by atoms with E-state index in [1.165, 1.54) is 6.34 Å². The molecule has 0 atom stereocenters. The van der Waals surface area contributed by atoms with Crippen LogP contribution in [0.25, 0.3) is 0 Å². The van der Waals surface area contributed by atoms with Crippen molar-refractivity contribution in [2.45, 2.75) is 0 Å². The van der Waals surface area contributed by atoms with Crippen molar-refractivity contribution in [1.29, 1.82) is 0 Å². The molecule has 0 spiro atoms. The van der Waals surface area contributed by atoms with Crippen LogP contribution in [0.3, 0.4) is 0 Å². The van der Waals surface area contributed by atoms with Crippen molar-refractivity contribution in [2.75, 3.05) is 0 Å². The Morgan fingerprint density at radius 1 is 1.18 bits per heavy atom. The predicted octanol–water partition coefficient (Wildman–Crippen LogP) is -1.36. The van der Waals surface area contributed by atoms with Crippen molar-refractivity contribution in [2.24, 2.45) is 31.4 Å². The summed E-state index contributed by atoms with van der Waals surface area (Å²) >= 11 is 0. The SMILES string of the molecule is N[C]1N=C(N)C2=NC=NC2=N1. The molecule has 0 amide bonds. The van der Waals surface area contributed by atoms with Gasteiger partial charge in [0, 0.05) is 0 Å². The Kier molecular flexibility index (Phi) is 1.10. The summed E-state index contributed by atoms with van der Waals surface area (Å²) in [4.78, 5) is 15.2. The highest BCUT2D eigenvalue weighted by atomic mass is 15.2. The molecule has 2 aliphatic heterocycles. The summed E-state index contributed by atoms with van der Waals surface area (Å²) in [7, 11) is 0. The van der Waals surface area contributed by atoms with Crippen molar-refractivity contribution in [1.82, 2.24) is 0 Å². The van der Waals surface area contributed by atoms with Gasteiger partial charge < -0.3 is 5.73 Å². The van der Waals surface area contributed by atoms with Gasteiger partial charge in [0.2, 0.25) is 0 Å². The first-order chi connectivity index (χ1) is 5.27. The van der Waals surface area contributed by atoms with E-state index in [1.807, 2.05) is 0 Å². The van der Waals surface area contributed by atoms with Crippen LogP contribution in [0, 0.1) is 6.29 Å². The fourth-order valence-electron chi connectivity index (χ4n) is 0.833. The van der Waals surface area contributed by atoms with Crippen molar-refractivity contribution in [3.05, 3.63) is 6.29 Å². The second-order valence-electron chi connectivity index (χ2n) is 2.01. The quantitative estimate of drug-likeness (QED) is 0.444. The maximum Gasteiger partial charge on any atom is 0.267 e. The standard InChI is InChI=1S/C5H5N6/c6-3-2-4(9-1-8-2)11-5(7)10-3/h1H,7H2,(H2,6,10). The molecule has 0 aliphatic carbocycles. The lowest BCUT2D eigenvalue weighted by Gasteiger charge is -2.08. The van der Waals surface area contributed by atoms with Gasteiger partial charge in [0.15, 0.2) is 17.4 Å². The van der Waals surface area contributed by atoms with Crippen LogP contribution in [-0.4, -0.2) is 23.7 Å². The minimum absolute atomic E-state index is 0.121. The van der Waals surface area contributed by atoms with Crippen molar-refractivity contribution in [3.63, 3.8) is 0 Å². The highest BCUT2D eigenvalue weighted by Crippen LogP contribution is 2.07. The lowest BCUT2D eigenvalue weighted by Crippen LogP contribution is -2.34. The van der Waals surface area contributed by atoms with Crippen LogP contribution in [0.15, 0.2) is 20.0 Å². The summed E-state index contributed by atoms with van der Waals surface area (Å²) in [6.45, 7) is 0. The van der Waals surface area contributed by atoms with Gasteiger partial charge in [-0.3, -0.25) is 5.73 Å². The van der Waals surface area contributed by atoms with Gasteiger partial charge in [0.1, 0.15) is 6.34 Å². The molecule has 0 fully saturated rings. The number of hydrogen-bond donors (Lipinski definition) is 2. The molecular weight excluding hydrogens is 144 g/mol. The zero-order valence-corrected chi connectivity index (χ0v) is 5.52. The van der Waals surface area contributed by atoms with E-state index in [1.54, 1.807) is 0 Å². The average Bonchev–Trinajstić information content (AvgIpc) is 2.34. The van der Waals surface area contributed by atoms with Crippen LogP contribution in [0.1, 0.15) is 0 Å². The van der Waals surface area contributed by atoms with Gasteiger partial charge in [0.05, 0.1) is 0 Å². The third-order valence-corrected chi connectivity index (χ3v) is 1.28. The van der Waals surface area contributed by atoms with Crippen LogP contribution in [0.2, 0.25) is 0 Å². The molecule has 0 saturated heterocycles. The first-order valence-corrected chi connectivity index (χ1v) is 2.94. The minimum atomic E-state index is 0.121. The average molecular weight is 149 g/mol. The molecule has 0 unspecified atom stereocenters. The van der Waals surface area contributed by atoms with Crippen LogP contribution >= 0.6 is 0 Å². The molecule has 4 N–H and O–H groups in total. The second-order valence-corrected chi connectivity index (χ2v) is 2.01. The molecule has 0 saturated carbocycles. The maximum absolute atomic E-state index is 5.47. The molecule has 11 heavy (non-hydrogen) atoms. The molecule has 55 valence electrons. The van der Waals surface area contributed by atoms with E-state index in [-0.39, 0.29) is 12.1 Å². The zero-order valence-electron chi connectivity index (χ0n) is 5.52. The summed E-state index contributed by atoms with van der Waals surface area (Å²) in [6, 6.07) is 0. The molecule has 0 aromatic rings. The van der Waals surface area contributed by atoms with E-state index in [4.69, 9.17) is 11.5 Å². The summed E-state index contributed by atoms with van der Waals surface area (Å²) < 4.78 is 0. The Morgan fingerprint density at radius 3 is 2.82 bits per heavy atom.